The number of esters is 2. The molecule has 0 aliphatic rings. The second kappa shape index (κ2) is 9.52. The van der Waals surface area contributed by atoms with Crippen LogP contribution in [0.4, 0.5) is 13.2 Å². The molecule has 7 nitrogen and oxygen atoms in total. The summed E-state index contributed by atoms with van der Waals surface area (Å²) < 4.78 is 53.9. The lowest BCUT2D eigenvalue weighted by Gasteiger charge is -2.12. The summed E-state index contributed by atoms with van der Waals surface area (Å²) >= 11 is 0. The van der Waals surface area contributed by atoms with Crippen LogP contribution in [0.2, 0.25) is 0 Å². The fraction of sp³-hybridized carbons (Fsp3) is 0.333. The van der Waals surface area contributed by atoms with Crippen LogP contribution in [0.3, 0.4) is 0 Å². The van der Waals surface area contributed by atoms with Crippen LogP contribution in [0.15, 0.2) is 36.9 Å². The summed E-state index contributed by atoms with van der Waals surface area (Å²) in [5.41, 5.74) is 0. The molecule has 1 atom stereocenters. The fourth-order valence-electron chi connectivity index (χ4n) is 1.40. The Hall–Kier alpha value is -2.75. The van der Waals surface area contributed by atoms with Crippen molar-refractivity contribution in [2.75, 3.05) is 19.8 Å². The highest BCUT2D eigenvalue weighted by Crippen LogP contribution is 2.24. The number of carbonyl (C=O) groups is 2. The topological polar surface area (TPSA) is 91.3 Å². The molecular weight excluding hydrogens is 349 g/mol. The zero-order valence-electron chi connectivity index (χ0n) is 12.8. The van der Waals surface area contributed by atoms with Gasteiger partial charge in [-0.25, -0.2) is 9.59 Å². The molecule has 0 aliphatic heterocycles. The first kappa shape index (κ1) is 20.3. The third kappa shape index (κ3) is 9.20. The highest BCUT2D eigenvalue weighted by atomic mass is 19.4. The molecule has 0 radical (unpaired) electrons. The number of hydrogen-bond donors (Lipinski definition) is 1. The summed E-state index contributed by atoms with van der Waals surface area (Å²) in [5.74, 6) is -1.87. The summed E-state index contributed by atoms with van der Waals surface area (Å²) in [6.07, 6.45) is -5.10. The van der Waals surface area contributed by atoms with E-state index in [1.165, 1.54) is 12.1 Å². The van der Waals surface area contributed by atoms with Gasteiger partial charge >= 0.3 is 18.3 Å². The summed E-state index contributed by atoms with van der Waals surface area (Å²) in [6, 6.07) is 4.40. The van der Waals surface area contributed by atoms with Gasteiger partial charge in [0.15, 0.2) is 6.61 Å². The van der Waals surface area contributed by atoms with Crippen molar-refractivity contribution in [1.29, 1.82) is 0 Å². The average Bonchev–Trinajstić information content (AvgIpc) is 2.55. The smallest absolute Gasteiger partial charge is 0.482 e. The molecule has 1 N–H and O–H groups in total. The Morgan fingerprint density at radius 2 is 1.68 bits per heavy atom. The van der Waals surface area contributed by atoms with Crippen LogP contribution in [-0.2, 0) is 19.1 Å². The van der Waals surface area contributed by atoms with Gasteiger partial charge in [-0.3, -0.25) is 0 Å². The molecule has 0 saturated carbocycles. The molecule has 1 aromatic carbocycles. The number of aliphatic hydroxyl groups is 1. The number of rotatable bonds is 9. The van der Waals surface area contributed by atoms with E-state index < -0.39 is 43.4 Å². The van der Waals surface area contributed by atoms with E-state index in [1.54, 1.807) is 0 Å². The third-order valence-corrected chi connectivity index (χ3v) is 2.44. The van der Waals surface area contributed by atoms with E-state index in [2.05, 4.69) is 20.8 Å². The van der Waals surface area contributed by atoms with E-state index >= 15 is 0 Å². The lowest BCUT2D eigenvalue weighted by atomic mass is 10.3. The van der Waals surface area contributed by atoms with Crippen molar-refractivity contribution in [3.8, 4) is 11.5 Å². The number of carbonyl (C=O) groups excluding carboxylic acids is 2. The van der Waals surface area contributed by atoms with Gasteiger partial charge in [0.25, 0.3) is 0 Å². The molecule has 1 unspecified atom stereocenters. The predicted molar refractivity (Wildman–Crippen MR) is 76.7 cm³/mol. The summed E-state index contributed by atoms with van der Waals surface area (Å²) in [5, 5.41) is 9.42. The van der Waals surface area contributed by atoms with Crippen LogP contribution < -0.4 is 9.47 Å². The van der Waals surface area contributed by atoms with Crippen LogP contribution in [0.1, 0.15) is 0 Å². The highest BCUT2D eigenvalue weighted by Gasteiger charge is 2.30. The van der Waals surface area contributed by atoms with E-state index in [1.807, 2.05) is 0 Å². The Morgan fingerprint density at radius 1 is 1.12 bits per heavy atom. The zero-order valence-corrected chi connectivity index (χ0v) is 12.8. The van der Waals surface area contributed by atoms with Crippen molar-refractivity contribution >= 4 is 11.9 Å². The maximum absolute atomic E-state index is 12.0. The Labute approximate surface area is 140 Å². The Morgan fingerprint density at radius 3 is 2.24 bits per heavy atom. The SMILES string of the molecule is C=CC(=O)OCC(O)COC(=O)COc1ccc(OC(F)(F)F)cc1. The van der Waals surface area contributed by atoms with Crippen LogP contribution in [-0.4, -0.2) is 49.3 Å². The van der Waals surface area contributed by atoms with Crippen molar-refractivity contribution in [2.45, 2.75) is 12.5 Å². The minimum Gasteiger partial charge on any atom is -0.482 e. The first-order valence-corrected chi connectivity index (χ1v) is 6.81. The normalized spacial score (nSPS) is 12.0. The van der Waals surface area contributed by atoms with Crippen LogP contribution in [0.25, 0.3) is 0 Å². The monoisotopic (exact) mass is 364 g/mol. The standard InChI is InChI=1S/C15H15F3O7/c1-2-13(20)23-7-10(19)8-24-14(21)9-22-11-3-5-12(6-4-11)25-15(16,17)18/h2-6,10,19H,1,7-9H2. The van der Waals surface area contributed by atoms with Crippen LogP contribution in [0, 0.1) is 0 Å². The average molecular weight is 364 g/mol. The number of benzene rings is 1. The molecule has 1 aromatic rings. The van der Waals surface area contributed by atoms with E-state index in [-0.39, 0.29) is 12.4 Å². The van der Waals surface area contributed by atoms with Gasteiger partial charge < -0.3 is 24.1 Å². The van der Waals surface area contributed by atoms with Crippen molar-refractivity contribution in [3.63, 3.8) is 0 Å². The maximum Gasteiger partial charge on any atom is 0.573 e. The molecule has 10 heteroatoms. The minimum absolute atomic E-state index is 0.118. The molecule has 0 heterocycles. The molecule has 0 aliphatic carbocycles. The second-order valence-electron chi connectivity index (χ2n) is 4.48. The Bertz CT molecular complexity index is 584. The molecule has 0 fully saturated rings. The van der Waals surface area contributed by atoms with Crippen molar-refractivity contribution in [1.82, 2.24) is 0 Å². The molecule has 0 saturated heterocycles. The highest BCUT2D eigenvalue weighted by molar-refractivity contribution is 5.81. The number of ether oxygens (including phenoxy) is 4. The number of hydrogen-bond acceptors (Lipinski definition) is 7. The van der Waals surface area contributed by atoms with E-state index in [0.29, 0.717) is 0 Å². The maximum atomic E-state index is 12.0. The lowest BCUT2D eigenvalue weighted by molar-refractivity contribution is -0.274. The second-order valence-corrected chi connectivity index (χ2v) is 4.48. The van der Waals surface area contributed by atoms with Gasteiger partial charge in [-0.05, 0) is 24.3 Å². The molecule has 0 amide bonds. The number of aliphatic hydroxyl groups excluding tert-OH is 1. The molecule has 1 rings (SSSR count). The first-order chi connectivity index (χ1) is 11.7. The third-order valence-electron chi connectivity index (χ3n) is 2.44. The zero-order chi connectivity index (χ0) is 18.9. The van der Waals surface area contributed by atoms with E-state index in [9.17, 15) is 27.9 Å². The molecule has 138 valence electrons. The lowest BCUT2D eigenvalue weighted by Crippen LogP contribution is -2.26. The van der Waals surface area contributed by atoms with Crippen LogP contribution >= 0.6 is 0 Å². The molecule has 0 bridgehead atoms. The van der Waals surface area contributed by atoms with E-state index in [4.69, 9.17) is 4.74 Å². The summed E-state index contributed by atoms with van der Waals surface area (Å²) in [6.45, 7) is 1.84. The van der Waals surface area contributed by atoms with Crippen molar-refractivity contribution in [2.24, 2.45) is 0 Å². The summed E-state index contributed by atoms with van der Waals surface area (Å²) in [7, 11) is 0. The minimum atomic E-state index is -4.80. The fourth-order valence-corrected chi connectivity index (χ4v) is 1.40. The van der Waals surface area contributed by atoms with Gasteiger partial charge in [0.05, 0.1) is 0 Å². The molecular formula is C15H15F3O7. The van der Waals surface area contributed by atoms with Crippen LogP contribution in [0.5, 0.6) is 11.5 Å². The number of halogens is 3. The van der Waals surface area contributed by atoms with Crippen molar-refractivity contribution in [3.05, 3.63) is 36.9 Å². The van der Waals surface area contributed by atoms with E-state index in [0.717, 1.165) is 18.2 Å². The summed E-state index contributed by atoms with van der Waals surface area (Å²) in [4.78, 5) is 22.2. The largest absolute Gasteiger partial charge is 0.573 e. The van der Waals surface area contributed by atoms with Gasteiger partial charge in [-0.15, -0.1) is 13.2 Å². The quantitative estimate of drug-likeness (QED) is 0.526. The van der Waals surface area contributed by atoms with Gasteiger partial charge in [-0.2, -0.15) is 0 Å². The Balaban J connectivity index is 2.29. The predicted octanol–water partition coefficient (Wildman–Crippen LogP) is 1.60. The van der Waals surface area contributed by atoms with Gasteiger partial charge in [0.2, 0.25) is 0 Å². The molecule has 0 aromatic heterocycles. The van der Waals surface area contributed by atoms with Gasteiger partial charge in [0, 0.05) is 6.08 Å². The van der Waals surface area contributed by atoms with Gasteiger partial charge in [0.1, 0.15) is 30.8 Å². The Kier molecular flexibility index (Phi) is 7.73. The molecule has 0 spiro atoms. The first-order valence-electron chi connectivity index (χ1n) is 6.81. The van der Waals surface area contributed by atoms with Crippen molar-refractivity contribution < 1.29 is 46.8 Å². The van der Waals surface area contributed by atoms with Gasteiger partial charge in [-0.1, -0.05) is 6.58 Å². The molecule has 25 heavy (non-hydrogen) atoms. The number of alkyl halides is 3.